The lowest BCUT2D eigenvalue weighted by Crippen LogP contribution is -2.51. The van der Waals surface area contributed by atoms with Crippen molar-refractivity contribution in [3.63, 3.8) is 0 Å². The van der Waals surface area contributed by atoms with E-state index in [0.29, 0.717) is 12.6 Å². The van der Waals surface area contributed by atoms with Crippen LogP contribution in [0.15, 0.2) is 30.3 Å². The number of nitrogens with one attached hydrogen (secondary N) is 1. The van der Waals surface area contributed by atoms with Gasteiger partial charge < -0.3 is 10.2 Å². The molecule has 1 heterocycles. The van der Waals surface area contributed by atoms with Crippen molar-refractivity contribution in [2.45, 2.75) is 19.9 Å². The minimum atomic E-state index is 0.187. The number of piperazine rings is 1. The molecule has 1 fully saturated rings. The first-order valence-corrected chi connectivity index (χ1v) is 6.97. The molecule has 1 saturated heterocycles. The van der Waals surface area contributed by atoms with E-state index in [0.717, 1.165) is 31.9 Å². The van der Waals surface area contributed by atoms with Crippen LogP contribution in [0.3, 0.4) is 0 Å². The zero-order chi connectivity index (χ0) is 13.7. The highest BCUT2D eigenvalue weighted by Crippen LogP contribution is 2.08. The van der Waals surface area contributed by atoms with Gasteiger partial charge in [-0.25, -0.2) is 0 Å². The maximum Gasteiger partial charge on any atom is 0.241 e. The van der Waals surface area contributed by atoms with Crippen LogP contribution in [0, 0.1) is 0 Å². The molecule has 19 heavy (non-hydrogen) atoms. The third-order valence-electron chi connectivity index (χ3n) is 3.61. The number of benzene rings is 1. The van der Waals surface area contributed by atoms with E-state index in [1.54, 1.807) is 0 Å². The molecule has 0 radical (unpaired) electrons. The van der Waals surface area contributed by atoms with Gasteiger partial charge in [0.25, 0.3) is 0 Å². The van der Waals surface area contributed by atoms with E-state index in [9.17, 15) is 4.79 Å². The third kappa shape index (κ3) is 3.96. The number of hydrogen-bond donors (Lipinski definition) is 1. The zero-order valence-corrected chi connectivity index (χ0v) is 11.8. The van der Waals surface area contributed by atoms with Crippen LogP contribution in [-0.4, -0.2) is 54.5 Å². The molecule has 104 valence electrons. The normalized spacial score (nSPS) is 16.7. The molecule has 1 aromatic rings. The minimum absolute atomic E-state index is 0.187. The Morgan fingerprint density at radius 1 is 1.16 bits per heavy atom. The molecule has 4 heteroatoms. The van der Waals surface area contributed by atoms with Crippen LogP contribution in [0.4, 0.5) is 5.69 Å². The molecule has 0 spiro atoms. The lowest BCUT2D eigenvalue weighted by molar-refractivity contribution is -0.131. The molecule has 0 unspecified atom stereocenters. The second-order valence-corrected chi connectivity index (χ2v) is 5.23. The van der Waals surface area contributed by atoms with Crippen LogP contribution in [0.2, 0.25) is 0 Å². The second kappa shape index (κ2) is 6.57. The van der Waals surface area contributed by atoms with Crippen molar-refractivity contribution in [3.8, 4) is 0 Å². The molecule has 1 aliphatic rings. The van der Waals surface area contributed by atoms with Crippen molar-refractivity contribution in [2.75, 3.05) is 38.0 Å². The van der Waals surface area contributed by atoms with Crippen molar-refractivity contribution in [3.05, 3.63) is 30.3 Å². The summed E-state index contributed by atoms with van der Waals surface area (Å²) in [6.07, 6.45) is 0. The smallest absolute Gasteiger partial charge is 0.241 e. The Balaban J connectivity index is 1.76. The highest BCUT2D eigenvalue weighted by molar-refractivity contribution is 5.81. The topological polar surface area (TPSA) is 35.6 Å². The molecule has 1 N–H and O–H groups in total. The fraction of sp³-hybridized carbons (Fsp3) is 0.533. The van der Waals surface area contributed by atoms with E-state index in [-0.39, 0.29) is 5.91 Å². The summed E-state index contributed by atoms with van der Waals surface area (Å²) in [5.41, 5.74) is 0.997. The molecule has 4 nitrogen and oxygen atoms in total. The Bertz CT molecular complexity index is 397. The van der Waals surface area contributed by atoms with Crippen LogP contribution < -0.4 is 5.32 Å². The van der Waals surface area contributed by atoms with Crippen LogP contribution in [0.5, 0.6) is 0 Å². The van der Waals surface area contributed by atoms with Gasteiger partial charge in [-0.1, -0.05) is 18.2 Å². The highest BCUT2D eigenvalue weighted by atomic mass is 16.2. The molecule has 1 aromatic carbocycles. The number of hydrogen-bond acceptors (Lipinski definition) is 3. The average Bonchev–Trinajstić information content (AvgIpc) is 2.46. The number of carbonyl (C=O) groups is 1. The van der Waals surface area contributed by atoms with Gasteiger partial charge in [0.2, 0.25) is 5.91 Å². The van der Waals surface area contributed by atoms with Crippen LogP contribution in [0.25, 0.3) is 0 Å². The monoisotopic (exact) mass is 261 g/mol. The lowest BCUT2D eigenvalue weighted by Gasteiger charge is -2.37. The fourth-order valence-electron chi connectivity index (χ4n) is 2.33. The van der Waals surface area contributed by atoms with Crippen molar-refractivity contribution in [2.24, 2.45) is 0 Å². The minimum Gasteiger partial charge on any atom is -0.376 e. The molecule has 1 amide bonds. The summed E-state index contributed by atoms with van der Waals surface area (Å²) in [5.74, 6) is 0.187. The maximum absolute atomic E-state index is 12.1. The van der Waals surface area contributed by atoms with Gasteiger partial charge >= 0.3 is 0 Å². The standard InChI is InChI=1S/C15H23N3O/c1-13(2)17-8-10-18(11-9-17)15(19)12-16-14-6-4-3-5-7-14/h3-7,13,16H,8-12H2,1-2H3. The largest absolute Gasteiger partial charge is 0.376 e. The Morgan fingerprint density at radius 3 is 2.37 bits per heavy atom. The van der Waals surface area contributed by atoms with Gasteiger partial charge in [0, 0.05) is 37.9 Å². The van der Waals surface area contributed by atoms with E-state index >= 15 is 0 Å². The van der Waals surface area contributed by atoms with Crippen molar-refractivity contribution in [1.82, 2.24) is 9.80 Å². The summed E-state index contributed by atoms with van der Waals surface area (Å²) in [4.78, 5) is 16.5. The quantitative estimate of drug-likeness (QED) is 0.895. The van der Waals surface area contributed by atoms with Gasteiger partial charge in [-0.2, -0.15) is 0 Å². The molecule has 0 bridgehead atoms. The first-order valence-electron chi connectivity index (χ1n) is 6.97. The maximum atomic E-state index is 12.1. The number of rotatable bonds is 4. The summed E-state index contributed by atoms with van der Waals surface area (Å²) >= 11 is 0. The molecule has 1 aliphatic heterocycles. The van der Waals surface area contributed by atoms with Crippen molar-refractivity contribution >= 4 is 11.6 Å². The highest BCUT2D eigenvalue weighted by Gasteiger charge is 2.21. The van der Waals surface area contributed by atoms with E-state index in [2.05, 4.69) is 24.1 Å². The Hall–Kier alpha value is -1.55. The van der Waals surface area contributed by atoms with Gasteiger partial charge in [-0.15, -0.1) is 0 Å². The number of anilines is 1. The second-order valence-electron chi connectivity index (χ2n) is 5.23. The molecule has 0 atom stereocenters. The molecule has 2 rings (SSSR count). The summed E-state index contributed by atoms with van der Waals surface area (Å²) in [5, 5.41) is 3.17. The van der Waals surface area contributed by atoms with Gasteiger partial charge in [0.1, 0.15) is 0 Å². The van der Waals surface area contributed by atoms with Crippen LogP contribution in [-0.2, 0) is 4.79 Å². The molecular weight excluding hydrogens is 238 g/mol. The first-order chi connectivity index (χ1) is 9.16. The van der Waals surface area contributed by atoms with E-state index in [4.69, 9.17) is 0 Å². The molecule has 0 saturated carbocycles. The van der Waals surface area contributed by atoms with Crippen LogP contribution in [0.1, 0.15) is 13.8 Å². The summed E-state index contributed by atoms with van der Waals surface area (Å²) in [6, 6.07) is 10.4. The predicted octanol–water partition coefficient (Wildman–Crippen LogP) is 1.65. The average molecular weight is 261 g/mol. The van der Waals surface area contributed by atoms with Crippen LogP contribution >= 0.6 is 0 Å². The number of carbonyl (C=O) groups excluding carboxylic acids is 1. The van der Waals surface area contributed by atoms with E-state index in [1.807, 2.05) is 35.2 Å². The third-order valence-corrected chi connectivity index (χ3v) is 3.61. The SMILES string of the molecule is CC(C)N1CCN(C(=O)CNc2ccccc2)CC1. The number of nitrogens with zero attached hydrogens (tertiary/aromatic N) is 2. The van der Waals surface area contributed by atoms with Gasteiger partial charge in [0.05, 0.1) is 6.54 Å². The summed E-state index contributed by atoms with van der Waals surface area (Å²) in [7, 11) is 0. The zero-order valence-electron chi connectivity index (χ0n) is 11.8. The van der Waals surface area contributed by atoms with Gasteiger partial charge in [0.15, 0.2) is 0 Å². The first kappa shape index (κ1) is 13.9. The number of para-hydroxylation sites is 1. The van der Waals surface area contributed by atoms with Gasteiger partial charge in [-0.3, -0.25) is 9.69 Å². The molecule has 0 aliphatic carbocycles. The van der Waals surface area contributed by atoms with Crippen molar-refractivity contribution < 1.29 is 4.79 Å². The van der Waals surface area contributed by atoms with E-state index < -0.39 is 0 Å². The Kier molecular flexibility index (Phi) is 4.80. The number of amides is 1. The summed E-state index contributed by atoms with van der Waals surface area (Å²) in [6.45, 7) is 8.43. The summed E-state index contributed by atoms with van der Waals surface area (Å²) < 4.78 is 0. The lowest BCUT2D eigenvalue weighted by atomic mass is 10.2. The molecular formula is C15H23N3O. The van der Waals surface area contributed by atoms with E-state index in [1.165, 1.54) is 0 Å². The van der Waals surface area contributed by atoms with Crippen molar-refractivity contribution in [1.29, 1.82) is 0 Å². The van der Waals surface area contributed by atoms with Gasteiger partial charge in [-0.05, 0) is 26.0 Å². The fourth-order valence-corrected chi connectivity index (χ4v) is 2.33. The molecule has 0 aromatic heterocycles. The Labute approximate surface area is 115 Å². The Morgan fingerprint density at radius 2 is 1.79 bits per heavy atom. The predicted molar refractivity (Wildman–Crippen MR) is 78.2 cm³/mol.